The van der Waals surface area contributed by atoms with Crippen molar-refractivity contribution in [2.75, 3.05) is 24.7 Å². The fourth-order valence-electron chi connectivity index (χ4n) is 2.87. The maximum atomic E-state index is 12.1. The van der Waals surface area contributed by atoms with Crippen LogP contribution in [0.3, 0.4) is 0 Å². The van der Waals surface area contributed by atoms with E-state index in [1.807, 2.05) is 58.0 Å². The van der Waals surface area contributed by atoms with Gasteiger partial charge in [-0.15, -0.1) is 0 Å². The molecule has 0 aromatic heterocycles. The molecule has 1 heterocycles. The molecule has 1 aliphatic heterocycles. The minimum Gasteiger partial charge on any atom is -0.444 e. The molecule has 0 aliphatic carbocycles. The molecule has 1 aliphatic rings. The second-order valence-electron chi connectivity index (χ2n) is 8.05. The lowest BCUT2D eigenvalue weighted by atomic mass is 10.1. The topological polar surface area (TPSA) is 78.2 Å². The van der Waals surface area contributed by atoms with E-state index in [1.54, 1.807) is 16.8 Å². The fraction of sp³-hybridized carbons (Fsp3) is 0.571. The predicted octanol–water partition coefficient (Wildman–Crippen LogP) is 4.28. The summed E-state index contributed by atoms with van der Waals surface area (Å²) in [5.41, 5.74) is 1.17. The number of benzene rings is 1. The number of hydrazone groups is 1. The monoisotopic (exact) mass is 388 g/mol. The molecule has 1 saturated heterocycles. The molecule has 1 N–H and O–H groups in total. The molecule has 7 heteroatoms. The molecule has 0 spiro atoms. The van der Waals surface area contributed by atoms with Crippen molar-refractivity contribution in [2.45, 2.75) is 59.2 Å². The van der Waals surface area contributed by atoms with E-state index in [4.69, 9.17) is 14.9 Å². The number of nitrogens with one attached hydrogen (secondary N) is 1. The Morgan fingerprint density at radius 3 is 2.36 bits per heavy atom. The molecule has 0 bridgehead atoms. The zero-order valence-corrected chi connectivity index (χ0v) is 17.6. The van der Waals surface area contributed by atoms with Crippen LogP contribution in [0.1, 0.15) is 47.5 Å². The van der Waals surface area contributed by atoms with Crippen molar-refractivity contribution in [3.8, 4) is 0 Å². The van der Waals surface area contributed by atoms with Crippen LogP contribution in [0.2, 0.25) is 0 Å². The SMILES string of the molecule is CC(=N)N(N=C(C)COC1CCN(C(=O)OC(C)(C)C)CC1)c1ccccc1. The van der Waals surface area contributed by atoms with Crippen LogP contribution in [0.4, 0.5) is 10.5 Å². The summed E-state index contributed by atoms with van der Waals surface area (Å²) in [6, 6.07) is 9.62. The molecule has 1 aromatic carbocycles. The first-order chi connectivity index (χ1) is 13.2. The summed E-state index contributed by atoms with van der Waals surface area (Å²) in [4.78, 5) is 13.9. The average molecular weight is 389 g/mol. The van der Waals surface area contributed by atoms with Gasteiger partial charge in [-0.05, 0) is 59.6 Å². The highest BCUT2D eigenvalue weighted by molar-refractivity contribution is 5.96. The molecule has 28 heavy (non-hydrogen) atoms. The van der Waals surface area contributed by atoms with Crippen molar-refractivity contribution >= 4 is 23.3 Å². The summed E-state index contributed by atoms with van der Waals surface area (Å²) in [5, 5.41) is 14.1. The maximum absolute atomic E-state index is 12.1. The smallest absolute Gasteiger partial charge is 0.410 e. The van der Waals surface area contributed by atoms with Gasteiger partial charge >= 0.3 is 6.09 Å². The molecule has 1 amide bonds. The van der Waals surface area contributed by atoms with Gasteiger partial charge in [0.15, 0.2) is 0 Å². The van der Waals surface area contributed by atoms with Crippen LogP contribution in [0.25, 0.3) is 0 Å². The van der Waals surface area contributed by atoms with Gasteiger partial charge < -0.3 is 14.4 Å². The van der Waals surface area contributed by atoms with Crippen molar-refractivity contribution in [3.63, 3.8) is 0 Å². The molecule has 0 unspecified atom stereocenters. The highest BCUT2D eigenvalue weighted by Gasteiger charge is 2.27. The number of amides is 1. The van der Waals surface area contributed by atoms with Crippen molar-refractivity contribution in [3.05, 3.63) is 30.3 Å². The van der Waals surface area contributed by atoms with Crippen molar-refractivity contribution in [2.24, 2.45) is 5.10 Å². The van der Waals surface area contributed by atoms with E-state index in [2.05, 4.69) is 5.10 Å². The summed E-state index contributed by atoms with van der Waals surface area (Å²) < 4.78 is 11.4. The second kappa shape index (κ2) is 9.68. The number of carbonyl (C=O) groups excluding carboxylic acids is 1. The molecule has 0 radical (unpaired) electrons. The zero-order chi connectivity index (χ0) is 20.7. The Kier molecular flexibility index (Phi) is 7.57. The van der Waals surface area contributed by atoms with E-state index in [-0.39, 0.29) is 12.2 Å². The Labute approximate surface area is 167 Å². The van der Waals surface area contributed by atoms with Crippen LogP contribution < -0.4 is 5.01 Å². The molecule has 0 atom stereocenters. The van der Waals surface area contributed by atoms with Crippen LogP contribution in [0.5, 0.6) is 0 Å². The molecule has 2 rings (SSSR count). The Morgan fingerprint density at radius 1 is 1.21 bits per heavy atom. The van der Waals surface area contributed by atoms with Gasteiger partial charge in [0.25, 0.3) is 0 Å². The average Bonchev–Trinajstić information content (AvgIpc) is 2.64. The third-order valence-corrected chi connectivity index (χ3v) is 4.21. The van der Waals surface area contributed by atoms with Crippen molar-refractivity contribution in [1.29, 1.82) is 5.41 Å². The van der Waals surface area contributed by atoms with Crippen molar-refractivity contribution < 1.29 is 14.3 Å². The first-order valence-electron chi connectivity index (χ1n) is 9.69. The standard InChI is InChI=1S/C21H32N4O3/c1-16(23-25(17(2)22)18-9-7-6-8-10-18)15-27-19-11-13-24(14-12-19)20(26)28-21(3,4)5/h6-10,19,22H,11-15H2,1-5H3. The minimum atomic E-state index is -0.477. The lowest BCUT2D eigenvalue weighted by Gasteiger charge is -2.33. The third kappa shape index (κ3) is 6.96. The van der Waals surface area contributed by atoms with Crippen LogP contribution in [0, 0.1) is 5.41 Å². The largest absolute Gasteiger partial charge is 0.444 e. The van der Waals surface area contributed by atoms with E-state index in [9.17, 15) is 4.79 Å². The number of anilines is 1. The number of amidine groups is 1. The predicted molar refractivity (Wildman–Crippen MR) is 112 cm³/mol. The van der Waals surface area contributed by atoms with Gasteiger partial charge in [-0.1, -0.05) is 18.2 Å². The van der Waals surface area contributed by atoms with E-state index in [0.717, 1.165) is 24.2 Å². The van der Waals surface area contributed by atoms with Gasteiger partial charge in [-0.2, -0.15) is 5.10 Å². The molecule has 7 nitrogen and oxygen atoms in total. The van der Waals surface area contributed by atoms with E-state index < -0.39 is 5.60 Å². The molecule has 1 fully saturated rings. The molecular weight excluding hydrogens is 356 g/mol. The Hall–Kier alpha value is -2.41. The summed E-state index contributed by atoms with van der Waals surface area (Å²) in [6.45, 7) is 10.9. The summed E-state index contributed by atoms with van der Waals surface area (Å²) in [6.07, 6.45) is 1.38. The van der Waals surface area contributed by atoms with Crippen LogP contribution >= 0.6 is 0 Å². The number of hydrogen-bond donors (Lipinski definition) is 1. The Morgan fingerprint density at radius 2 is 1.82 bits per heavy atom. The summed E-state index contributed by atoms with van der Waals surface area (Å²) >= 11 is 0. The van der Waals surface area contributed by atoms with Gasteiger partial charge in [0.1, 0.15) is 11.4 Å². The number of piperidine rings is 1. The highest BCUT2D eigenvalue weighted by Crippen LogP contribution is 2.18. The normalized spacial score (nSPS) is 16.0. The molecule has 154 valence electrons. The van der Waals surface area contributed by atoms with E-state index in [1.165, 1.54) is 0 Å². The number of carbonyl (C=O) groups is 1. The van der Waals surface area contributed by atoms with Gasteiger partial charge in [0.05, 0.1) is 24.1 Å². The van der Waals surface area contributed by atoms with Gasteiger partial charge in [-0.25, -0.2) is 9.80 Å². The maximum Gasteiger partial charge on any atom is 0.410 e. The number of para-hydroxylation sites is 1. The fourth-order valence-corrected chi connectivity index (χ4v) is 2.87. The van der Waals surface area contributed by atoms with Crippen LogP contribution in [-0.2, 0) is 9.47 Å². The number of ether oxygens (including phenoxy) is 2. The van der Waals surface area contributed by atoms with Crippen LogP contribution in [0.15, 0.2) is 35.4 Å². The third-order valence-electron chi connectivity index (χ3n) is 4.21. The van der Waals surface area contributed by atoms with Gasteiger partial charge in [0, 0.05) is 13.1 Å². The first-order valence-corrected chi connectivity index (χ1v) is 9.69. The summed E-state index contributed by atoms with van der Waals surface area (Å²) in [5.74, 6) is 0.344. The zero-order valence-electron chi connectivity index (χ0n) is 17.6. The van der Waals surface area contributed by atoms with Gasteiger partial charge in [-0.3, -0.25) is 5.41 Å². The Bertz CT molecular complexity index is 689. The molecular formula is C21H32N4O3. The lowest BCUT2D eigenvalue weighted by Crippen LogP contribution is -2.43. The summed E-state index contributed by atoms with van der Waals surface area (Å²) in [7, 11) is 0. The van der Waals surface area contributed by atoms with E-state index >= 15 is 0 Å². The van der Waals surface area contributed by atoms with E-state index in [0.29, 0.717) is 25.5 Å². The quantitative estimate of drug-likeness (QED) is 0.464. The van der Waals surface area contributed by atoms with Crippen molar-refractivity contribution in [1.82, 2.24) is 4.90 Å². The molecule has 0 saturated carbocycles. The second-order valence-corrected chi connectivity index (χ2v) is 8.05. The Balaban J connectivity index is 1.83. The van der Waals surface area contributed by atoms with Gasteiger partial charge in [0.2, 0.25) is 0 Å². The number of nitrogens with zero attached hydrogens (tertiary/aromatic N) is 3. The minimum absolute atomic E-state index is 0.0927. The highest BCUT2D eigenvalue weighted by atomic mass is 16.6. The number of hydrogen-bond acceptors (Lipinski definition) is 5. The number of likely N-dealkylation sites (tertiary alicyclic amines) is 1. The lowest BCUT2D eigenvalue weighted by molar-refractivity contribution is -0.00289. The first kappa shape index (κ1) is 21.9. The number of rotatable bonds is 5. The molecule has 1 aromatic rings. The van der Waals surface area contributed by atoms with Crippen LogP contribution in [-0.4, -0.2) is 53.9 Å².